The molecule has 0 aliphatic carbocycles. The largest absolute Gasteiger partial charge is 0.379 e. The molecule has 0 radical (unpaired) electrons. The van der Waals surface area contributed by atoms with Gasteiger partial charge in [-0.2, -0.15) is 0 Å². The summed E-state index contributed by atoms with van der Waals surface area (Å²) in [6.45, 7) is 6.03. The van der Waals surface area contributed by atoms with Crippen LogP contribution in [0.4, 0.5) is 0 Å². The van der Waals surface area contributed by atoms with E-state index in [0.717, 1.165) is 0 Å². The van der Waals surface area contributed by atoms with Gasteiger partial charge in [0.1, 0.15) is 10.9 Å². The van der Waals surface area contributed by atoms with Gasteiger partial charge in [0.15, 0.2) is 9.84 Å². The average Bonchev–Trinajstić information content (AvgIpc) is 2.73. The minimum Gasteiger partial charge on any atom is -0.379 e. The Balaban J connectivity index is 1.89. The molecule has 150 valence electrons. The standard InChI is InChI=1S/C22H27NO4S/c1-21(2)19(23-13-15-27-16-14-23)20(28(21,25)26)22(24,17-9-5-3-6-10-17)18-11-7-4-8-12-18/h3-12,19-20,24H,13-16H2,1-2H3. The Labute approximate surface area is 166 Å². The molecule has 5 nitrogen and oxygen atoms in total. The van der Waals surface area contributed by atoms with Crippen molar-refractivity contribution in [3.05, 3.63) is 71.8 Å². The number of morpholine rings is 1. The van der Waals surface area contributed by atoms with E-state index in [9.17, 15) is 13.5 Å². The Hall–Kier alpha value is -1.73. The highest BCUT2D eigenvalue weighted by Gasteiger charge is 2.70. The van der Waals surface area contributed by atoms with Gasteiger partial charge in [-0.25, -0.2) is 8.42 Å². The molecule has 0 aromatic heterocycles. The van der Waals surface area contributed by atoms with Crippen LogP contribution in [0.15, 0.2) is 60.7 Å². The van der Waals surface area contributed by atoms with E-state index in [1.165, 1.54) is 0 Å². The fourth-order valence-electron chi connectivity index (χ4n) is 4.78. The highest BCUT2D eigenvalue weighted by Crippen LogP contribution is 2.53. The molecule has 2 fully saturated rings. The summed E-state index contributed by atoms with van der Waals surface area (Å²) >= 11 is 0. The van der Waals surface area contributed by atoms with Crippen LogP contribution in [0.1, 0.15) is 25.0 Å². The van der Waals surface area contributed by atoms with Crippen molar-refractivity contribution in [3.8, 4) is 0 Å². The van der Waals surface area contributed by atoms with Crippen LogP contribution in [0, 0.1) is 0 Å². The number of hydrogen-bond donors (Lipinski definition) is 1. The Bertz CT molecular complexity index is 882. The zero-order valence-electron chi connectivity index (χ0n) is 16.3. The highest BCUT2D eigenvalue weighted by atomic mass is 32.2. The summed E-state index contributed by atoms with van der Waals surface area (Å²) in [6.07, 6.45) is 0. The summed E-state index contributed by atoms with van der Waals surface area (Å²) in [5, 5.41) is 11.2. The van der Waals surface area contributed by atoms with Gasteiger partial charge in [-0.1, -0.05) is 60.7 Å². The maximum absolute atomic E-state index is 13.5. The first-order valence-electron chi connectivity index (χ1n) is 9.70. The SMILES string of the molecule is CC1(C)C(N2CCOCC2)C(C(O)(c2ccccc2)c2ccccc2)S1(=O)=O. The van der Waals surface area contributed by atoms with Crippen LogP contribution in [-0.4, -0.2) is 60.8 Å². The molecule has 0 amide bonds. The fraction of sp³-hybridized carbons (Fsp3) is 0.455. The van der Waals surface area contributed by atoms with Gasteiger partial charge in [0.2, 0.25) is 0 Å². The van der Waals surface area contributed by atoms with E-state index in [-0.39, 0.29) is 6.04 Å². The fourth-order valence-corrected chi connectivity index (χ4v) is 7.40. The van der Waals surface area contributed by atoms with Crippen molar-refractivity contribution in [1.82, 2.24) is 4.90 Å². The molecule has 2 aromatic rings. The lowest BCUT2D eigenvalue weighted by Gasteiger charge is -2.60. The van der Waals surface area contributed by atoms with Gasteiger partial charge in [0.25, 0.3) is 0 Å². The summed E-state index contributed by atoms with van der Waals surface area (Å²) in [4.78, 5) is 2.17. The van der Waals surface area contributed by atoms with Crippen LogP contribution in [0.3, 0.4) is 0 Å². The highest BCUT2D eigenvalue weighted by molar-refractivity contribution is 7.95. The maximum atomic E-state index is 13.5. The van der Waals surface area contributed by atoms with Gasteiger partial charge >= 0.3 is 0 Å². The second kappa shape index (κ2) is 6.95. The molecular weight excluding hydrogens is 374 g/mol. The van der Waals surface area contributed by atoms with Crippen LogP contribution in [-0.2, 0) is 20.2 Å². The van der Waals surface area contributed by atoms with Gasteiger partial charge in [0, 0.05) is 19.1 Å². The van der Waals surface area contributed by atoms with Crippen molar-refractivity contribution in [2.24, 2.45) is 0 Å². The monoisotopic (exact) mass is 401 g/mol. The van der Waals surface area contributed by atoms with Crippen molar-refractivity contribution < 1.29 is 18.3 Å². The summed E-state index contributed by atoms with van der Waals surface area (Å²) in [5.41, 5.74) is -0.424. The summed E-state index contributed by atoms with van der Waals surface area (Å²) in [6, 6.07) is 18.0. The smallest absolute Gasteiger partial charge is 0.165 e. The lowest BCUT2D eigenvalue weighted by Crippen LogP contribution is -2.78. The van der Waals surface area contributed by atoms with Crippen LogP contribution < -0.4 is 0 Å². The summed E-state index contributed by atoms with van der Waals surface area (Å²) < 4.78 is 31.5. The number of benzene rings is 2. The Morgan fingerprint density at radius 1 is 0.964 bits per heavy atom. The van der Waals surface area contributed by atoms with E-state index < -0.39 is 25.4 Å². The molecule has 6 heteroatoms. The van der Waals surface area contributed by atoms with Crippen molar-refractivity contribution in [1.29, 1.82) is 0 Å². The van der Waals surface area contributed by atoms with Crippen LogP contribution in [0.5, 0.6) is 0 Å². The number of nitrogens with zero attached hydrogens (tertiary/aromatic N) is 1. The molecule has 4 rings (SSSR count). The molecule has 2 aliphatic rings. The van der Waals surface area contributed by atoms with Crippen molar-refractivity contribution in [2.75, 3.05) is 26.3 Å². The van der Waals surface area contributed by atoms with Crippen molar-refractivity contribution in [2.45, 2.75) is 35.5 Å². The van der Waals surface area contributed by atoms with Crippen LogP contribution in [0.25, 0.3) is 0 Å². The molecule has 1 N–H and O–H groups in total. The molecule has 2 heterocycles. The minimum atomic E-state index is -3.59. The molecule has 2 atom stereocenters. The van der Waals surface area contributed by atoms with Gasteiger partial charge in [-0.05, 0) is 25.0 Å². The predicted octanol–water partition coefficient (Wildman–Crippen LogP) is 2.20. The first-order valence-corrected chi connectivity index (χ1v) is 11.2. The van der Waals surface area contributed by atoms with E-state index >= 15 is 0 Å². The number of aliphatic hydroxyl groups is 1. The van der Waals surface area contributed by atoms with E-state index in [0.29, 0.717) is 37.4 Å². The quantitative estimate of drug-likeness (QED) is 0.851. The predicted molar refractivity (Wildman–Crippen MR) is 109 cm³/mol. The zero-order valence-corrected chi connectivity index (χ0v) is 17.1. The van der Waals surface area contributed by atoms with Gasteiger partial charge in [-0.3, -0.25) is 4.90 Å². The Morgan fingerprint density at radius 3 is 1.89 bits per heavy atom. The second-order valence-electron chi connectivity index (χ2n) is 8.16. The topological polar surface area (TPSA) is 66.8 Å². The summed E-state index contributed by atoms with van der Waals surface area (Å²) in [5.74, 6) is 0. The lowest BCUT2D eigenvalue weighted by molar-refractivity contribution is -0.0325. The van der Waals surface area contributed by atoms with Gasteiger partial charge in [0.05, 0.1) is 18.0 Å². The molecular formula is C22H27NO4S. The third-order valence-corrected chi connectivity index (χ3v) is 9.32. The normalized spacial score (nSPS) is 27.1. The van der Waals surface area contributed by atoms with E-state index in [2.05, 4.69) is 4.90 Å². The van der Waals surface area contributed by atoms with Gasteiger partial charge in [-0.15, -0.1) is 0 Å². The third kappa shape index (κ3) is 2.74. The Morgan fingerprint density at radius 2 is 1.43 bits per heavy atom. The molecule has 2 aromatic carbocycles. The lowest BCUT2D eigenvalue weighted by atomic mass is 9.76. The molecule has 2 saturated heterocycles. The molecule has 0 bridgehead atoms. The van der Waals surface area contributed by atoms with E-state index in [1.807, 2.05) is 60.7 Å². The summed E-state index contributed by atoms with van der Waals surface area (Å²) in [7, 11) is -3.59. The molecule has 28 heavy (non-hydrogen) atoms. The van der Waals surface area contributed by atoms with Crippen LogP contribution >= 0.6 is 0 Å². The number of ether oxygens (including phenoxy) is 1. The first-order chi connectivity index (χ1) is 13.3. The Kier molecular flexibility index (Phi) is 4.86. The molecule has 0 spiro atoms. The van der Waals surface area contributed by atoms with E-state index in [1.54, 1.807) is 13.8 Å². The molecule has 0 saturated carbocycles. The van der Waals surface area contributed by atoms with Crippen molar-refractivity contribution in [3.63, 3.8) is 0 Å². The van der Waals surface area contributed by atoms with Crippen LogP contribution in [0.2, 0.25) is 0 Å². The number of sulfone groups is 1. The average molecular weight is 402 g/mol. The third-order valence-electron chi connectivity index (χ3n) is 6.35. The number of rotatable bonds is 4. The number of hydrogen-bond acceptors (Lipinski definition) is 5. The maximum Gasteiger partial charge on any atom is 0.165 e. The van der Waals surface area contributed by atoms with Gasteiger partial charge < -0.3 is 9.84 Å². The first kappa shape index (κ1) is 19.6. The molecule has 2 aliphatic heterocycles. The zero-order chi connectivity index (χ0) is 20.0. The van der Waals surface area contributed by atoms with E-state index in [4.69, 9.17) is 4.74 Å². The minimum absolute atomic E-state index is 0.299. The van der Waals surface area contributed by atoms with Crippen molar-refractivity contribution >= 4 is 9.84 Å². The second-order valence-corrected chi connectivity index (χ2v) is 10.8. The molecule has 2 unspecified atom stereocenters.